The lowest BCUT2D eigenvalue weighted by atomic mass is 9.82. The van der Waals surface area contributed by atoms with E-state index >= 15 is 0 Å². The molecule has 5 nitrogen and oxygen atoms in total. The molecule has 0 saturated heterocycles. The van der Waals surface area contributed by atoms with Gasteiger partial charge in [0.05, 0.1) is 12.7 Å². The first-order valence-corrected chi connectivity index (χ1v) is 11.7. The predicted octanol–water partition coefficient (Wildman–Crippen LogP) is 5.44. The molecule has 1 aliphatic rings. The van der Waals surface area contributed by atoms with Crippen molar-refractivity contribution in [3.8, 4) is 11.1 Å². The number of hydrogen-bond acceptors (Lipinski definition) is 3. The minimum Gasteiger partial charge on any atom is -0.378 e. The number of benzene rings is 2. The average Bonchev–Trinajstić information content (AvgIpc) is 3.29. The molecule has 0 unspecified atom stereocenters. The maximum atomic E-state index is 13.4. The quantitative estimate of drug-likeness (QED) is 0.436. The average molecular weight is 439 g/mol. The Hall–Kier alpha value is -3.60. The van der Waals surface area contributed by atoms with Gasteiger partial charge in [0.15, 0.2) is 0 Å². The molecule has 168 valence electrons. The molecule has 5 rings (SSSR count). The number of rotatable bonds is 6. The van der Waals surface area contributed by atoms with Gasteiger partial charge < -0.3 is 9.88 Å². The first kappa shape index (κ1) is 21.3. The van der Waals surface area contributed by atoms with Gasteiger partial charge in [-0.3, -0.25) is 9.48 Å². The Balaban J connectivity index is 1.39. The number of hydrogen-bond donors (Lipinski definition) is 1. The number of anilines is 1. The summed E-state index contributed by atoms with van der Waals surface area (Å²) in [5, 5.41) is 7.92. The van der Waals surface area contributed by atoms with Gasteiger partial charge >= 0.3 is 0 Å². The lowest BCUT2D eigenvalue weighted by molar-refractivity contribution is 0.412. The standard InChI is InChI=1S/C28H30N4O/c1-31-19-25(17-29-31)24-16-27(28(33)32(20-24)18-21-8-4-2-5-9-21)30-26-14-12-23(13-15-26)22-10-6-3-7-11-22/h2-11,16-17,19-20,23,26,30H,12-15,18H2,1H3/t23-,26+. The van der Waals surface area contributed by atoms with Crippen molar-refractivity contribution in [3.63, 3.8) is 0 Å². The van der Waals surface area contributed by atoms with Crippen molar-refractivity contribution in [1.82, 2.24) is 14.3 Å². The number of nitrogens with one attached hydrogen (secondary N) is 1. The number of pyridine rings is 1. The second kappa shape index (κ2) is 9.49. The zero-order chi connectivity index (χ0) is 22.6. The van der Waals surface area contributed by atoms with E-state index in [-0.39, 0.29) is 5.56 Å². The molecule has 0 bridgehead atoms. The summed E-state index contributed by atoms with van der Waals surface area (Å²) in [6, 6.07) is 23.2. The van der Waals surface area contributed by atoms with Crippen molar-refractivity contribution in [2.24, 2.45) is 7.05 Å². The van der Waals surface area contributed by atoms with E-state index in [9.17, 15) is 4.79 Å². The molecule has 2 heterocycles. The van der Waals surface area contributed by atoms with Gasteiger partial charge in [0.2, 0.25) is 0 Å². The van der Waals surface area contributed by atoms with Crippen LogP contribution in [0.1, 0.15) is 42.7 Å². The Morgan fingerprint density at radius 2 is 1.61 bits per heavy atom. The van der Waals surface area contributed by atoms with Crippen molar-refractivity contribution in [3.05, 3.63) is 107 Å². The van der Waals surface area contributed by atoms with E-state index in [0.29, 0.717) is 24.2 Å². The lowest BCUT2D eigenvalue weighted by Gasteiger charge is -2.30. The molecule has 0 spiro atoms. The van der Waals surface area contributed by atoms with Crippen molar-refractivity contribution in [1.29, 1.82) is 0 Å². The molecule has 1 fully saturated rings. The van der Waals surface area contributed by atoms with Crippen molar-refractivity contribution < 1.29 is 0 Å². The smallest absolute Gasteiger partial charge is 0.274 e. The van der Waals surface area contributed by atoms with Crippen molar-refractivity contribution in [2.45, 2.75) is 44.2 Å². The van der Waals surface area contributed by atoms with Gasteiger partial charge in [-0.25, -0.2) is 0 Å². The summed E-state index contributed by atoms with van der Waals surface area (Å²) in [5.41, 5.74) is 5.25. The molecule has 0 aliphatic heterocycles. The Kier molecular flexibility index (Phi) is 6.11. The number of aromatic nitrogens is 3. The molecule has 0 amide bonds. The second-order valence-electron chi connectivity index (χ2n) is 9.07. The Morgan fingerprint density at radius 3 is 2.27 bits per heavy atom. The zero-order valence-electron chi connectivity index (χ0n) is 19.0. The summed E-state index contributed by atoms with van der Waals surface area (Å²) in [6.45, 7) is 0.545. The van der Waals surface area contributed by atoms with E-state index in [2.05, 4.69) is 52.9 Å². The van der Waals surface area contributed by atoms with Crippen molar-refractivity contribution >= 4 is 5.69 Å². The van der Waals surface area contributed by atoms with E-state index in [4.69, 9.17) is 0 Å². The monoisotopic (exact) mass is 438 g/mol. The number of nitrogens with zero attached hydrogens (tertiary/aromatic N) is 3. The van der Waals surface area contributed by atoms with Gasteiger partial charge in [-0.1, -0.05) is 60.7 Å². The molecule has 1 aliphatic carbocycles. The molecular formula is C28H30N4O. The van der Waals surface area contributed by atoms with Crippen LogP contribution in [0.2, 0.25) is 0 Å². The van der Waals surface area contributed by atoms with Crippen LogP contribution in [0.3, 0.4) is 0 Å². The van der Waals surface area contributed by atoms with Crippen LogP contribution in [0.15, 0.2) is 90.1 Å². The summed E-state index contributed by atoms with van der Waals surface area (Å²) in [7, 11) is 1.91. The van der Waals surface area contributed by atoms with Crippen molar-refractivity contribution in [2.75, 3.05) is 5.32 Å². The fraction of sp³-hybridized carbons (Fsp3) is 0.286. The lowest BCUT2D eigenvalue weighted by Crippen LogP contribution is -2.31. The highest BCUT2D eigenvalue weighted by Gasteiger charge is 2.23. The largest absolute Gasteiger partial charge is 0.378 e. The summed E-state index contributed by atoms with van der Waals surface area (Å²) in [5.74, 6) is 0.612. The fourth-order valence-corrected chi connectivity index (χ4v) is 4.88. The van der Waals surface area contributed by atoms with Gasteiger partial charge in [0, 0.05) is 36.6 Å². The molecule has 0 atom stereocenters. The van der Waals surface area contributed by atoms with E-state index in [1.54, 1.807) is 4.68 Å². The predicted molar refractivity (Wildman–Crippen MR) is 134 cm³/mol. The highest BCUT2D eigenvalue weighted by atomic mass is 16.1. The second-order valence-corrected chi connectivity index (χ2v) is 9.07. The third-order valence-electron chi connectivity index (χ3n) is 6.68. The molecule has 1 saturated carbocycles. The SMILES string of the molecule is Cn1cc(-c2cc(N[C@H]3CC[C@@H](c4ccccc4)CC3)c(=O)n(Cc3ccccc3)c2)cn1. The van der Waals surface area contributed by atoms with E-state index in [1.165, 1.54) is 5.56 Å². The molecule has 4 aromatic rings. The van der Waals surface area contributed by atoms with Gasteiger partial charge in [0.1, 0.15) is 5.69 Å². The Morgan fingerprint density at radius 1 is 0.909 bits per heavy atom. The van der Waals surface area contributed by atoms with Crippen LogP contribution in [0.5, 0.6) is 0 Å². The van der Waals surface area contributed by atoms with Gasteiger partial charge in [-0.15, -0.1) is 0 Å². The molecule has 2 aromatic heterocycles. The van der Waals surface area contributed by atoms with Gasteiger partial charge in [-0.2, -0.15) is 5.10 Å². The third kappa shape index (κ3) is 4.92. The van der Waals surface area contributed by atoms with E-state index in [1.807, 2.05) is 54.5 Å². The molecule has 33 heavy (non-hydrogen) atoms. The first-order chi connectivity index (χ1) is 16.2. The van der Waals surface area contributed by atoms with Crippen LogP contribution < -0.4 is 10.9 Å². The van der Waals surface area contributed by atoms with E-state index in [0.717, 1.165) is 42.4 Å². The van der Waals surface area contributed by atoms with E-state index < -0.39 is 0 Å². The van der Waals surface area contributed by atoms with Gasteiger partial charge in [0.25, 0.3) is 5.56 Å². The maximum absolute atomic E-state index is 13.4. The minimum atomic E-state index is 0.0247. The summed E-state index contributed by atoms with van der Waals surface area (Å²) < 4.78 is 3.61. The van der Waals surface area contributed by atoms with Crippen LogP contribution in [0, 0.1) is 0 Å². The van der Waals surface area contributed by atoms with Crippen LogP contribution >= 0.6 is 0 Å². The number of aryl methyl sites for hydroxylation is 1. The molecule has 2 aromatic carbocycles. The highest BCUT2D eigenvalue weighted by Crippen LogP contribution is 2.34. The molecule has 0 radical (unpaired) electrons. The summed E-state index contributed by atoms with van der Waals surface area (Å²) >= 11 is 0. The first-order valence-electron chi connectivity index (χ1n) is 11.7. The fourth-order valence-electron chi connectivity index (χ4n) is 4.88. The Bertz CT molecular complexity index is 1250. The molecule has 5 heteroatoms. The van der Waals surface area contributed by atoms with Crippen LogP contribution in [0.4, 0.5) is 5.69 Å². The van der Waals surface area contributed by atoms with Crippen LogP contribution in [-0.2, 0) is 13.6 Å². The zero-order valence-corrected chi connectivity index (χ0v) is 19.0. The Labute approximate surface area is 194 Å². The highest BCUT2D eigenvalue weighted by molar-refractivity contribution is 5.65. The minimum absolute atomic E-state index is 0.0247. The summed E-state index contributed by atoms with van der Waals surface area (Å²) in [6.07, 6.45) is 10.2. The normalized spacial score (nSPS) is 18.2. The molecular weight excluding hydrogens is 408 g/mol. The van der Waals surface area contributed by atoms with Crippen LogP contribution in [0.25, 0.3) is 11.1 Å². The van der Waals surface area contributed by atoms with Gasteiger partial charge in [-0.05, 0) is 48.8 Å². The molecule has 1 N–H and O–H groups in total. The topological polar surface area (TPSA) is 51.9 Å². The maximum Gasteiger partial charge on any atom is 0.274 e. The summed E-state index contributed by atoms with van der Waals surface area (Å²) in [4.78, 5) is 13.4. The third-order valence-corrected chi connectivity index (χ3v) is 6.68. The van der Waals surface area contributed by atoms with Crippen LogP contribution in [-0.4, -0.2) is 20.4 Å².